The van der Waals surface area contributed by atoms with E-state index in [-0.39, 0.29) is 0 Å². The van der Waals surface area contributed by atoms with Crippen molar-refractivity contribution >= 4 is 11.3 Å². The van der Waals surface area contributed by atoms with Crippen molar-refractivity contribution in [1.82, 2.24) is 0 Å². The van der Waals surface area contributed by atoms with Crippen molar-refractivity contribution in [2.24, 2.45) is 0 Å². The van der Waals surface area contributed by atoms with Crippen LogP contribution in [0.5, 0.6) is 0 Å². The van der Waals surface area contributed by atoms with E-state index in [1.165, 1.54) is 52.0 Å². The third kappa shape index (κ3) is 5.34. The molecule has 0 saturated heterocycles. The lowest BCUT2D eigenvalue weighted by Gasteiger charge is -2.17. The number of hydrogen-bond acceptors (Lipinski definition) is 0. The van der Waals surface area contributed by atoms with E-state index in [1.807, 2.05) is 0 Å². The number of hydrogen-bond donors (Lipinski definition) is 0. The van der Waals surface area contributed by atoms with Gasteiger partial charge < -0.3 is 0 Å². The molecule has 2 unspecified atom stereocenters. The van der Waals surface area contributed by atoms with Gasteiger partial charge in [0, 0.05) is 12.2 Å². The Labute approximate surface area is 189 Å². The van der Waals surface area contributed by atoms with Crippen molar-refractivity contribution in [2.75, 3.05) is 13.6 Å². The highest BCUT2D eigenvalue weighted by Gasteiger charge is 2.15. The Bertz CT molecular complexity index is 924. The Hall–Kier alpha value is -2.67. The van der Waals surface area contributed by atoms with Gasteiger partial charge in [-0.05, 0) is 77.2 Å². The first-order valence-electron chi connectivity index (χ1n) is 11.9. The van der Waals surface area contributed by atoms with Gasteiger partial charge in [-0.1, -0.05) is 76.2 Å². The number of allylic oxidation sites excluding steroid dienone is 5. The fourth-order valence-corrected chi connectivity index (χ4v) is 3.99. The molecule has 162 valence electrons. The van der Waals surface area contributed by atoms with Crippen molar-refractivity contribution in [1.29, 1.82) is 0 Å². The minimum atomic E-state index is 0.594. The molecule has 1 aliphatic rings. The highest BCUT2D eigenvalue weighted by molar-refractivity contribution is 6.04. The molecule has 31 heavy (non-hydrogen) atoms. The van der Waals surface area contributed by atoms with Crippen LogP contribution in [-0.2, 0) is 0 Å². The van der Waals surface area contributed by atoms with Crippen LogP contribution in [0.3, 0.4) is 0 Å². The van der Waals surface area contributed by atoms with Crippen molar-refractivity contribution in [2.45, 2.75) is 59.3 Å². The van der Waals surface area contributed by atoms with Gasteiger partial charge in [0.15, 0.2) is 5.71 Å². The minimum absolute atomic E-state index is 0.594. The molecular weight excluding hydrogens is 374 g/mol. The predicted molar refractivity (Wildman–Crippen MR) is 136 cm³/mol. The van der Waals surface area contributed by atoms with Crippen LogP contribution in [0.4, 0.5) is 0 Å². The molecule has 3 rings (SSSR count). The first-order chi connectivity index (χ1) is 15.0. The van der Waals surface area contributed by atoms with Gasteiger partial charge in [-0.2, -0.15) is 0 Å². The van der Waals surface area contributed by atoms with Crippen LogP contribution in [0.15, 0.2) is 78.4 Å². The topological polar surface area (TPSA) is 3.01 Å². The molecule has 0 spiro atoms. The molecule has 0 N–H and O–H groups in total. The molecule has 0 aliphatic heterocycles. The average molecular weight is 413 g/mol. The van der Waals surface area contributed by atoms with Crippen molar-refractivity contribution in [3.8, 4) is 0 Å². The van der Waals surface area contributed by atoms with Gasteiger partial charge in [-0.15, -0.1) is 0 Å². The fourth-order valence-electron chi connectivity index (χ4n) is 3.99. The predicted octanol–water partition coefficient (Wildman–Crippen LogP) is 7.74. The Morgan fingerprint density at radius 3 is 1.45 bits per heavy atom. The summed E-state index contributed by atoms with van der Waals surface area (Å²) in [5.41, 5.74) is 9.21. The van der Waals surface area contributed by atoms with E-state index in [0.717, 1.165) is 6.54 Å². The molecule has 2 aromatic rings. The van der Waals surface area contributed by atoms with Crippen molar-refractivity contribution < 1.29 is 4.58 Å². The van der Waals surface area contributed by atoms with E-state index in [2.05, 4.69) is 119 Å². The summed E-state index contributed by atoms with van der Waals surface area (Å²) < 4.78 is 2.27. The van der Waals surface area contributed by atoms with Crippen LogP contribution in [0, 0.1) is 0 Å². The van der Waals surface area contributed by atoms with Crippen LogP contribution in [-0.4, -0.2) is 23.9 Å². The quantitative estimate of drug-likeness (QED) is 0.409. The molecule has 0 bridgehead atoms. The van der Waals surface area contributed by atoms with Gasteiger partial charge in [0.25, 0.3) is 0 Å². The molecule has 0 fully saturated rings. The zero-order chi connectivity index (χ0) is 22.4. The first kappa shape index (κ1) is 23.0. The molecule has 0 saturated carbocycles. The average Bonchev–Trinajstić information content (AvgIpc) is 2.84. The summed E-state index contributed by atoms with van der Waals surface area (Å²) in [5, 5.41) is 0. The molecule has 2 atom stereocenters. The van der Waals surface area contributed by atoms with Gasteiger partial charge >= 0.3 is 0 Å². The lowest BCUT2D eigenvalue weighted by Crippen LogP contribution is -2.14. The highest BCUT2D eigenvalue weighted by atomic mass is 15.0. The second-order valence-corrected chi connectivity index (χ2v) is 8.80. The minimum Gasteiger partial charge on any atom is -0.233 e. The van der Waals surface area contributed by atoms with Crippen LogP contribution in [0.2, 0.25) is 0 Å². The zero-order valence-electron chi connectivity index (χ0n) is 20.2. The van der Waals surface area contributed by atoms with Crippen LogP contribution in [0.1, 0.15) is 81.5 Å². The molecule has 1 heteroatoms. The summed E-state index contributed by atoms with van der Waals surface area (Å²) in [4.78, 5) is 0. The van der Waals surface area contributed by atoms with Crippen LogP contribution in [0.25, 0.3) is 5.57 Å². The van der Waals surface area contributed by atoms with E-state index in [0.29, 0.717) is 11.8 Å². The largest absolute Gasteiger partial charge is 0.233 e. The number of benzene rings is 2. The number of rotatable bonds is 7. The van der Waals surface area contributed by atoms with E-state index in [9.17, 15) is 0 Å². The Balaban J connectivity index is 2.08. The normalized spacial score (nSPS) is 15.2. The molecule has 1 nitrogen and oxygen atoms in total. The Morgan fingerprint density at radius 1 is 0.677 bits per heavy atom. The monoisotopic (exact) mass is 412 g/mol. The molecule has 1 aliphatic carbocycles. The zero-order valence-corrected chi connectivity index (χ0v) is 20.2. The molecule has 0 heterocycles. The van der Waals surface area contributed by atoms with E-state index in [4.69, 9.17) is 0 Å². The van der Waals surface area contributed by atoms with Gasteiger partial charge in [-0.25, -0.2) is 4.58 Å². The van der Waals surface area contributed by atoms with Gasteiger partial charge in [-0.3, -0.25) is 0 Å². The third-order valence-corrected chi connectivity index (χ3v) is 6.83. The molecular formula is C30H38N+. The second kappa shape index (κ2) is 10.6. The summed E-state index contributed by atoms with van der Waals surface area (Å²) in [6.45, 7) is 12.3. The molecule has 2 aromatic carbocycles. The summed E-state index contributed by atoms with van der Waals surface area (Å²) in [6.07, 6.45) is 11.3. The maximum absolute atomic E-state index is 2.30. The van der Waals surface area contributed by atoms with Crippen molar-refractivity contribution in [3.05, 3.63) is 101 Å². The number of nitrogens with zero attached hydrogens (tertiary/aromatic N) is 1. The molecule has 0 radical (unpaired) electrons. The van der Waals surface area contributed by atoms with Gasteiger partial charge in [0.2, 0.25) is 0 Å². The summed E-state index contributed by atoms with van der Waals surface area (Å²) in [7, 11) is 2.14. The van der Waals surface area contributed by atoms with E-state index >= 15 is 0 Å². The molecule has 0 aromatic heterocycles. The summed E-state index contributed by atoms with van der Waals surface area (Å²) in [5.74, 6) is 1.19. The van der Waals surface area contributed by atoms with E-state index < -0.39 is 0 Å². The lowest BCUT2D eigenvalue weighted by molar-refractivity contribution is -0.491. The Morgan fingerprint density at radius 2 is 1.10 bits per heavy atom. The Kier molecular flexibility index (Phi) is 7.85. The SMILES string of the molecule is CCC(C)c1ccc(C(=C2C=CC(=[N+](C)CC)C=C2)c2ccc(C(C)CC)cc2)cc1. The smallest absolute Gasteiger partial charge is 0.199 e. The van der Waals surface area contributed by atoms with Crippen LogP contribution < -0.4 is 0 Å². The fraction of sp³-hybridized carbons (Fsp3) is 0.367. The highest BCUT2D eigenvalue weighted by Crippen LogP contribution is 2.32. The first-order valence-corrected chi connectivity index (χ1v) is 11.9. The molecule has 0 amide bonds. The van der Waals surface area contributed by atoms with Crippen molar-refractivity contribution in [3.63, 3.8) is 0 Å². The standard InChI is InChI=1S/C30H38N/c1-7-22(4)24-10-14-26(15-11-24)30(27-16-12-25(13-17-27)23(5)8-2)28-18-20-29(21-19-28)31(6)9-3/h10-23H,7-9H2,1-6H3/q+1. The maximum atomic E-state index is 2.30. The van der Waals surface area contributed by atoms with Gasteiger partial charge in [0.1, 0.15) is 13.6 Å². The van der Waals surface area contributed by atoms with E-state index in [1.54, 1.807) is 0 Å². The third-order valence-electron chi connectivity index (χ3n) is 6.83. The van der Waals surface area contributed by atoms with Crippen LogP contribution >= 0.6 is 0 Å². The lowest BCUT2D eigenvalue weighted by atomic mass is 9.88. The second-order valence-electron chi connectivity index (χ2n) is 8.80. The summed E-state index contributed by atoms with van der Waals surface area (Å²) >= 11 is 0. The summed E-state index contributed by atoms with van der Waals surface area (Å²) in [6, 6.07) is 18.4. The maximum Gasteiger partial charge on any atom is 0.199 e. The van der Waals surface area contributed by atoms with Gasteiger partial charge in [0.05, 0.1) is 0 Å².